The average molecular weight is 576 g/mol. The molecule has 0 radical (unpaired) electrons. The lowest BCUT2D eigenvalue weighted by atomic mass is 10.1. The van der Waals surface area contributed by atoms with Gasteiger partial charge < -0.3 is 19.4 Å². The van der Waals surface area contributed by atoms with Crippen molar-refractivity contribution >= 4 is 41.0 Å². The van der Waals surface area contributed by atoms with E-state index >= 15 is 0 Å². The molecule has 0 spiro atoms. The first-order chi connectivity index (χ1) is 20.5. The molecule has 0 N–H and O–H groups in total. The Balaban J connectivity index is 1.27. The molecule has 0 aliphatic carbocycles. The number of hydrogen-bond acceptors (Lipinski definition) is 5. The smallest absolute Gasteiger partial charge is 0.265 e. The number of aryl methyl sites for hydroxylation is 1. The number of nitrogens with zero attached hydrogens (tertiary/aromatic N) is 3. The lowest BCUT2D eigenvalue weighted by Gasteiger charge is -2.37. The molecule has 4 aromatic rings. The zero-order chi connectivity index (χ0) is 29.1. The van der Waals surface area contributed by atoms with Gasteiger partial charge in [0.05, 0.1) is 29.9 Å². The fourth-order valence-electron chi connectivity index (χ4n) is 5.52. The second-order valence-electron chi connectivity index (χ2n) is 10.5. The SMILES string of the molecule is COc1ccccc1N1CCN(C(=O)c2ccc3c(c2)N(Cc2cccc(C)c2)C(=O)C(=Cc2ccccc2)S3)CC1. The van der Waals surface area contributed by atoms with Gasteiger partial charge in [0.2, 0.25) is 0 Å². The molecule has 2 aliphatic heterocycles. The van der Waals surface area contributed by atoms with E-state index in [0.717, 1.165) is 51.8 Å². The maximum Gasteiger partial charge on any atom is 0.265 e. The van der Waals surface area contributed by atoms with E-state index in [1.165, 1.54) is 11.8 Å². The summed E-state index contributed by atoms with van der Waals surface area (Å²) in [7, 11) is 1.68. The van der Waals surface area contributed by atoms with Crippen LogP contribution in [0.3, 0.4) is 0 Å². The van der Waals surface area contributed by atoms with Crippen molar-refractivity contribution < 1.29 is 14.3 Å². The summed E-state index contributed by atoms with van der Waals surface area (Å²) >= 11 is 1.46. The average Bonchev–Trinajstić information content (AvgIpc) is 3.03. The molecule has 7 heteroatoms. The van der Waals surface area contributed by atoms with Crippen molar-refractivity contribution in [3.63, 3.8) is 0 Å². The van der Waals surface area contributed by atoms with Crippen molar-refractivity contribution in [3.8, 4) is 5.75 Å². The van der Waals surface area contributed by atoms with Gasteiger partial charge in [-0.3, -0.25) is 9.59 Å². The Morgan fingerprint density at radius 3 is 2.38 bits per heavy atom. The van der Waals surface area contributed by atoms with Gasteiger partial charge >= 0.3 is 0 Å². The Kier molecular flexibility index (Phi) is 8.02. The molecule has 2 aliphatic rings. The third-order valence-electron chi connectivity index (χ3n) is 7.69. The van der Waals surface area contributed by atoms with Crippen LogP contribution in [0.4, 0.5) is 11.4 Å². The molecule has 6 nitrogen and oxygen atoms in total. The number of anilines is 2. The first-order valence-corrected chi connectivity index (χ1v) is 14.9. The second kappa shape index (κ2) is 12.2. The number of amides is 2. The van der Waals surface area contributed by atoms with Crippen molar-refractivity contribution in [2.24, 2.45) is 0 Å². The molecule has 0 unspecified atom stereocenters. The molecule has 2 amide bonds. The maximum atomic E-state index is 13.9. The number of carbonyl (C=O) groups is 2. The van der Waals surface area contributed by atoms with Crippen LogP contribution in [0.25, 0.3) is 6.08 Å². The number of fused-ring (bicyclic) bond motifs is 1. The third kappa shape index (κ3) is 5.78. The number of carbonyl (C=O) groups excluding carboxylic acids is 2. The summed E-state index contributed by atoms with van der Waals surface area (Å²) in [4.78, 5) is 35.2. The van der Waals surface area contributed by atoms with Crippen molar-refractivity contribution in [3.05, 3.63) is 124 Å². The Morgan fingerprint density at radius 1 is 0.857 bits per heavy atom. The van der Waals surface area contributed by atoms with Crippen LogP contribution in [-0.2, 0) is 11.3 Å². The molecular formula is C35H33N3O3S. The Labute approximate surface area is 251 Å². The monoisotopic (exact) mass is 575 g/mol. The van der Waals surface area contributed by atoms with Gasteiger partial charge in [-0.25, -0.2) is 0 Å². The molecule has 0 atom stereocenters. The summed E-state index contributed by atoms with van der Waals surface area (Å²) in [5, 5.41) is 0. The van der Waals surface area contributed by atoms with Crippen LogP contribution in [0.15, 0.2) is 107 Å². The number of hydrogen-bond donors (Lipinski definition) is 0. The van der Waals surface area contributed by atoms with Crippen molar-refractivity contribution in [2.75, 3.05) is 43.1 Å². The minimum absolute atomic E-state index is 0.0175. The summed E-state index contributed by atoms with van der Waals surface area (Å²) in [6.45, 7) is 5.14. The highest BCUT2D eigenvalue weighted by Gasteiger charge is 2.31. The van der Waals surface area contributed by atoms with Gasteiger partial charge in [-0.15, -0.1) is 0 Å². The van der Waals surface area contributed by atoms with Gasteiger partial charge in [-0.05, 0) is 54.5 Å². The fourth-order valence-corrected chi connectivity index (χ4v) is 6.56. The van der Waals surface area contributed by atoms with E-state index < -0.39 is 0 Å². The zero-order valence-electron chi connectivity index (χ0n) is 23.8. The molecule has 6 rings (SSSR count). The minimum Gasteiger partial charge on any atom is -0.495 e. The van der Waals surface area contributed by atoms with Gasteiger partial charge in [0.1, 0.15) is 5.75 Å². The summed E-state index contributed by atoms with van der Waals surface area (Å²) in [6.07, 6.45) is 1.94. The van der Waals surface area contributed by atoms with Gasteiger partial charge in [0, 0.05) is 36.6 Å². The van der Waals surface area contributed by atoms with Gasteiger partial charge in [-0.1, -0.05) is 84.1 Å². The lowest BCUT2D eigenvalue weighted by Crippen LogP contribution is -2.49. The molecule has 1 fully saturated rings. The molecular weight excluding hydrogens is 542 g/mol. The molecule has 42 heavy (non-hydrogen) atoms. The summed E-state index contributed by atoms with van der Waals surface area (Å²) in [6, 6.07) is 31.9. The minimum atomic E-state index is -0.0621. The van der Waals surface area contributed by atoms with Crippen molar-refractivity contribution in [1.29, 1.82) is 0 Å². The van der Waals surface area contributed by atoms with Crippen molar-refractivity contribution in [1.82, 2.24) is 4.90 Å². The van der Waals surface area contributed by atoms with Crippen molar-refractivity contribution in [2.45, 2.75) is 18.4 Å². The Hall–Kier alpha value is -4.49. The van der Waals surface area contributed by atoms with E-state index in [1.807, 2.05) is 94.7 Å². The van der Waals surface area contributed by atoms with Crippen LogP contribution in [0.1, 0.15) is 27.0 Å². The predicted molar refractivity (Wildman–Crippen MR) is 170 cm³/mol. The third-order valence-corrected chi connectivity index (χ3v) is 8.76. The number of thioether (sulfide) groups is 1. The van der Waals surface area contributed by atoms with Crippen LogP contribution >= 0.6 is 11.8 Å². The number of para-hydroxylation sites is 2. The normalized spacial score (nSPS) is 16.0. The molecule has 0 saturated carbocycles. The standard InChI is InChI=1S/C35H33N3O3S/c1-25-9-8-12-27(21-25)24-38-30-23-28(15-16-32(30)42-33(35(38)40)22-26-10-4-3-5-11-26)34(39)37-19-17-36(18-20-37)29-13-6-7-14-31(29)41-2/h3-16,21-23H,17-20,24H2,1-2H3. The summed E-state index contributed by atoms with van der Waals surface area (Å²) in [5.41, 5.74) is 5.58. The molecule has 212 valence electrons. The second-order valence-corrected chi connectivity index (χ2v) is 11.6. The van der Waals surface area contributed by atoms with Gasteiger partial charge in [0.15, 0.2) is 0 Å². The van der Waals surface area contributed by atoms with Crippen LogP contribution in [0.5, 0.6) is 5.75 Å². The zero-order valence-corrected chi connectivity index (χ0v) is 24.6. The van der Waals surface area contributed by atoms with Crippen LogP contribution in [-0.4, -0.2) is 50.0 Å². The maximum absolute atomic E-state index is 13.9. The van der Waals surface area contributed by atoms with Crippen LogP contribution in [0, 0.1) is 6.92 Å². The van der Waals surface area contributed by atoms with E-state index in [1.54, 1.807) is 7.11 Å². The molecule has 1 saturated heterocycles. The first-order valence-electron chi connectivity index (χ1n) is 14.1. The van der Waals surface area contributed by atoms with E-state index in [-0.39, 0.29) is 11.8 Å². The molecule has 4 aromatic carbocycles. The van der Waals surface area contributed by atoms with Gasteiger partial charge in [-0.2, -0.15) is 0 Å². The van der Waals surface area contributed by atoms with Crippen LogP contribution < -0.4 is 14.5 Å². The number of ether oxygens (including phenoxy) is 1. The van der Waals surface area contributed by atoms with E-state index in [4.69, 9.17) is 4.74 Å². The Bertz CT molecular complexity index is 1640. The molecule has 0 bridgehead atoms. The van der Waals surface area contributed by atoms with E-state index in [9.17, 15) is 9.59 Å². The summed E-state index contributed by atoms with van der Waals surface area (Å²) < 4.78 is 5.54. The van der Waals surface area contributed by atoms with Crippen LogP contribution in [0.2, 0.25) is 0 Å². The number of methoxy groups -OCH3 is 1. The highest BCUT2D eigenvalue weighted by molar-refractivity contribution is 8.04. The number of piperazine rings is 1. The topological polar surface area (TPSA) is 53.1 Å². The number of rotatable bonds is 6. The van der Waals surface area contributed by atoms with E-state index in [2.05, 4.69) is 30.0 Å². The quantitative estimate of drug-likeness (QED) is 0.241. The number of benzene rings is 4. The lowest BCUT2D eigenvalue weighted by molar-refractivity contribution is -0.114. The predicted octanol–water partition coefficient (Wildman–Crippen LogP) is 6.65. The Morgan fingerprint density at radius 2 is 1.62 bits per heavy atom. The largest absolute Gasteiger partial charge is 0.495 e. The summed E-state index contributed by atoms with van der Waals surface area (Å²) in [5.74, 6) is 0.757. The fraction of sp³-hybridized carbons (Fsp3) is 0.200. The highest BCUT2D eigenvalue weighted by atomic mass is 32.2. The van der Waals surface area contributed by atoms with Gasteiger partial charge in [0.25, 0.3) is 11.8 Å². The van der Waals surface area contributed by atoms with E-state index in [0.29, 0.717) is 30.1 Å². The molecule has 2 heterocycles. The molecule has 0 aromatic heterocycles. The highest BCUT2D eigenvalue weighted by Crippen LogP contribution is 2.43. The first kappa shape index (κ1) is 27.7.